The van der Waals surface area contributed by atoms with Crippen molar-refractivity contribution in [2.45, 2.75) is 46.1 Å². The summed E-state index contributed by atoms with van der Waals surface area (Å²) in [5.74, 6) is -0.625. The van der Waals surface area contributed by atoms with Gasteiger partial charge in [0.05, 0.1) is 7.11 Å². The van der Waals surface area contributed by atoms with Crippen molar-refractivity contribution in [2.75, 3.05) is 7.11 Å². The molecule has 1 atom stereocenters. The predicted molar refractivity (Wildman–Crippen MR) is 137 cm³/mol. The van der Waals surface area contributed by atoms with E-state index in [1.807, 2.05) is 18.8 Å². The number of fused-ring (bicyclic) bond motifs is 1. The quantitative estimate of drug-likeness (QED) is 0.391. The Labute approximate surface area is 208 Å². The van der Waals surface area contributed by atoms with Crippen LogP contribution >= 0.6 is 0 Å². The fourth-order valence-electron chi connectivity index (χ4n) is 3.76. The number of aromatic nitrogens is 2. The van der Waals surface area contributed by atoms with Crippen molar-refractivity contribution in [1.82, 2.24) is 9.97 Å². The minimum Gasteiger partial charge on any atom is -0.493 e. The first-order valence-corrected chi connectivity index (χ1v) is 11.6. The summed E-state index contributed by atoms with van der Waals surface area (Å²) in [6.07, 6.45) is 1.60. The summed E-state index contributed by atoms with van der Waals surface area (Å²) in [7, 11) is 1.41. The number of benzene rings is 2. The molecule has 0 aliphatic carbocycles. The van der Waals surface area contributed by atoms with Crippen LogP contribution in [0.15, 0.2) is 74.8 Å². The van der Waals surface area contributed by atoms with Gasteiger partial charge in [0.1, 0.15) is 6.10 Å². The largest absolute Gasteiger partial charge is 0.493 e. The van der Waals surface area contributed by atoms with E-state index in [0.717, 1.165) is 0 Å². The van der Waals surface area contributed by atoms with Crippen molar-refractivity contribution >= 4 is 17.1 Å². The molecule has 0 saturated heterocycles. The van der Waals surface area contributed by atoms with Crippen LogP contribution in [0.4, 0.5) is 0 Å². The number of carbonyl (C=O) groups is 1. The molecule has 0 radical (unpaired) electrons. The van der Waals surface area contributed by atoms with E-state index < -0.39 is 11.3 Å². The van der Waals surface area contributed by atoms with Crippen LogP contribution in [0, 0.1) is 13.8 Å². The molecular formula is C28H30N2O6. The van der Waals surface area contributed by atoms with Crippen molar-refractivity contribution in [1.29, 1.82) is 0 Å². The van der Waals surface area contributed by atoms with Crippen LogP contribution < -0.4 is 16.1 Å². The molecule has 8 heteroatoms. The lowest BCUT2D eigenvalue weighted by Crippen LogP contribution is -2.23. The molecule has 0 aliphatic rings. The molecule has 2 heterocycles. The maximum absolute atomic E-state index is 11.7. The Morgan fingerprint density at radius 2 is 1.53 bits per heavy atom. The summed E-state index contributed by atoms with van der Waals surface area (Å²) < 4.78 is 15.3. The first-order valence-electron chi connectivity index (χ1n) is 11.6. The summed E-state index contributed by atoms with van der Waals surface area (Å²) in [5.41, 5.74) is 4.31. The first-order chi connectivity index (χ1) is 17.2. The van der Waals surface area contributed by atoms with Crippen LogP contribution in [-0.4, -0.2) is 29.2 Å². The van der Waals surface area contributed by atoms with E-state index in [4.69, 9.17) is 13.9 Å². The van der Waals surface area contributed by atoms with E-state index in [-0.39, 0.29) is 29.1 Å². The normalized spacial score (nSPS) is 11.5. The number of methoxy groups -OCH3 is 1. The van der Waals surface area contributed by atoms with Crippen molar-refractivity contribution in [3.8, 4) is 5.75 Å². The van der Waals surface area contributed by atoms with Crippen LogP contribution in [0.3, 0.4) is 0 Å². The minimum absolute atomic E-state index is 0.0453. The SMILES string of the molecule is CCC(=O)OC(C)C(c1ccc(C)cc1)c1ccc(C)cc1.COc1ccnc2c(=O)[nH]c(=O)oc12. The number of pyridine rings is 1. The highest BCUT2D eigenvalue weighted by Gasteiger charge is 2.24. The Bertz CT molecular complexity index is 1380. The van der Waals surface area contributed by atoms with Gasteiger partial charge in [0, 0.05) is 24.6 Å². The summed E-state index contributed by atoms with van der Waals surface area (Å²) in [6, 6.07) is 18.4. The molecule has 4 rings (SSSR count). The molecule has 2 aromatic carbocycles. The Hall–Kier alpha value is -4.20. The number of nitrogens with zero attached hydrogens (tertiary/aromatic N) is 1. The van der Waals surface area contributed by atoms with Gasteiger partial charge in [-0.15, -0.1) is 0 Å². The predicted octanol–water partition coefficient (Wildman–Crippen LogP) is 4.66. The number of hydrogen-bond donors (Lipinski definition) is 1. The monoisotopic (exact) mass is 490 g/mol. The molecule has 1 unspecified atom stereocenters. The zero-order chi connectivity index (χ0) is 26.2. The second-order valence-electron chi connectivity index (χ2n) is 8.38. The zero-order valence-corrected chi connectivity index (χ0v) is 21.0. The van der Waals surface area contributed by atoms with Gasteiger partial charge < -0.3 is 13.9 Å². The van der Waals surface area contributed by atoms with Crippen LogP contribution in [0.1, 0.15) is 48.4 Å². The van der Waals surface area contributed by atoms with E-state index in [1.54, 1.807) is 0 Å². The smallest absolute Gasteiger partial charge is 0.419 e. The molecule has 0 aliphatic heterocycles. The third-order valence-electron chi connectivity index (χ3n) is 5.66. The molecule has 1 N–H and O–H groups in total. The van der Waals surface area contributed by atoms with E-state index in [2.05, 4.69) is 67.4 Å². The van der Waals surface area contributed by atoms with Gasteiger partial charge in [-0.25, -0.2) is 9.78 Å². The third-order valence-corrected chi connectivity index (χ3v) is 5.66. The molecule has 4 aromatic rings. The van der Waals surface area contributed by atoms with Gasteiger partial charge >= 0.3 is 11.7 Å². The summed E-state index contributed by atoms with van der Waals surface area (Å²) in [5, 5.41) is 0. The second kappa shape index (κ2) is 12.0. The van der Waals surface area contributed by atoms with Gasteiger partial charge in [-0.2, -0.15) is 0 Å². The van der Waals surface area contributed by atoms with E-state index in [9.17, 15) is 14.4 Å². The zero-order valence-electron chi connectivity index (χ0n) is 21.0. The molecule has 188 valence electrons. The standard InChI is InChI=1S/C20H24O2.C8H6N2O4/c1-5-19(21)22-16(4)20(17-10-6-14(2)7-11-17)18-12-8-15(3)9-13-18;1-13-4-2-3-9-5-6(4)14-8(12)10-7(5)11/h6-13,16,20H,5H2,1-4H3;2-3H,1H3,(H,10,11,12). The first kappa shape index (κ1) is 26.4. The van der Waals surface area contributed by atoms with E-state index >= 15 is 0 Å². The lowest BCUT2D eigenvalue weighted by atomic mass is 9.86. The number of carbonyl (C=O) groups excluding carboxylic acids is 1. The number of nitrogens with one attached hydrogen (secondary N) is 1. The Morgan fingerprint density at radius 3 is 2.03 bits per heavy atom. The van der Waals surface area contributed by atoms with Gasteiger partial charge in [0.25, 0.3) is 5.56 Å². The van der Waals surface area contributed by atoms with Crippen LogP contribution in [0.2, 0.25) is 0 Å². The summed E-state index contributed by atoms with van der Waals surface area (Å²) >= 11 is 0. The summed E-state index contributed by atoms with van der Waals surface area (Å²) in [6.45, 7) is 7.94. The molecule has 36 heavy (non-hydrogen) atoms. The lowest BCUT2D eigenvalue weighted by molar-refractivity contribution is -0.148. The van der Waals surface area contributed by atoms with Crippen LogP contribution in [-0.2, 0) is 9.53 Å². The number of esters is 1. The molecule has 2 aromatic heterocycles. The van der Waals surface area contributed by atoms with Crippen molar-refractivity contribution in [2.24, 2.45) is 0 Å². The van der Waals surface area contributed by atoms with Crippen molar-refractivity contribution < 1.29 is 18.7 Å². The average Bonchev–Trinajstić information content (AvgIpc) is 2.86. The highest BCUT2D eigenvalue weighted by atomic mass is 16.5. The molecule has 0 saturated carbocycles. The van der Waals surface area contributed by atoms with E-state index in [0.29, 0.717) is 12.2 Å². The number of hydrogen-bond acceptors (Lipinski definition) is 7. The van der Waals surface area contributed by atoms with Gasteiger partial charge in [-0.05, 0) is 31.9 Å². The molecule has 0 bridgehead atoms. The molecule has 0 spiro atoms. The number of aryl methyl sites for hydroxylation is 2. The number of rotatable bonds is 6. The lowest BCUT2D eigenvalue weighted by Gasteiger charge is -2.25. The number of aromatic amines is 1. The van der Waals surface area contributed by atoms with Crippen LogP contribution in [0.5, 0.6) is 5.75 Å². The Kier molecular flexibility index (Phi) is 8.78. The number of H-pyrrole nitrogens is 1. The topological polar surface area (TPSA) is 111 Å². The van der Waals surface area contributed by atoms with Crippen molar-refractivity contribution in [3.05, 3.63) is 104 Å². The van der Waals surface area contributed by atoms with Gasteiger partial charge in [-0.1, -0.05) is 66.6 Å². The third kappa shape index (κ3) is 6.47. The maximum Gasteiger partial charge on any atom is 0.419 e. The van der Waals surface area contributed by atoms with E-state index in [1.165, 1.54) is 41.6 Å². The Morgan fingerprint density at radius 1 is 0.972 bits per heavy atom. The molecular weight excluding hydrogens is 460 g/mol. The fourth-order valence-corrected chi connectivity index (χ4v) is 3.76. The minimum atomic E-state index is -0.825. The fraction of sp³-hybridized carbons (Fsp3) is 0.286. The Balaban J connectivity index is 0.000000221. The van der Waals surface area contributed by atoms with Crippen LogP contribution in [0.25, 0.3) is 11.1 Å². The second-order valence-corrected chi connectivity index (χ2v) is 8.38. The highest BCUT2D eigenvalue weighted by Crippen LogP contribution is 2.30. The van der Waals surface area contributed by atoms with Gasteiger partial charge in [-0.3, -0.25) is 14.6 Å². The average molecular weight is 491 g/mol. The molecule has 8 nitrogen and oxygen atoms in total. The van der Waals surface area contributed by atoms with Gasteiger partial charge in [0.15, 0.2) is 11.3 Å². The maximum atomic E-state index is 11.7. The molecule has 0 fully saturated rings. The highest BCUT2D eigenvalue weighted by molar-refractivity contribution is 5.76. The number of ether oxygens (including phenoxy) is 2. The van der Waals surface area contributed by atoms with Gasteiger partial charge in [0.2, 0.25) is 5.58 Å². The van der Waals surface area contributed by atoms with Crippen molar-refractivity contribution in [3.63, 3.8) is 0 Å². The summed E-state index contributed by atoms with van der Waals surface area (Å²) in [4.78, 5) is 39.5. The molecule has 0 amide bonds.